The Morgan fingerprint density at radius 3 is 2.47 bits per heavy atom. The van der Waals surface area contributed by atoms with Gasteiger partial charge in [-0.2, -0.15) is 0 Å². The topological polar surface area (TPSA) is 46.2 Å². The van der Waals surface area contributed by atoms with Gasteiger partial charge < -0.3 is 0 Å². The SMILES string of the molecule is Brc1ccccc1.C=C1SCNC1C(=O)C=O. The Bertz CT molecular complexity index is 408. The van der Waals surface area contributed by atoms with Crippen molar-refractivity contribution in [3.63, 3.8) is 0 Å². The van der Waals surface area contributed by atoms with Crippen LogP contribution in [0.3, 0.4) is 0 Å². The van der Waals surface area contributed by atoms with E-state index >= 15 is 0 Å². The molecule has 1 unspecified atom stereocenters. The molecule has 1 saturated heterocycles. The van der Waals surface area contributed by atoms with Crippen molar-refractivity contribution >= 4 is 39.8 Å². The molecule has 0 saturated carbocycles. The molecule has 1 atom stereocenters. The van der Waals surface area contributed by atoms with E-state index in [1.165, 1.54) is 11.8 Å². The molecular formula is C12H12BrNO2S. The number of carbonyl (C=O) groups is 2. The van der Waals surface area contributed by atoms with E-state index in [0.717, 1.165) is 9.38 Å². The van der Waals surface area contributed by atoms with Crippen molar-refractivity contribution in [2.45, 2.75) is 6.04 Å². The average Bonchev–Trinajstić information content (AvgIpc) is 2.76. The molecule has 2 rings (SSSR count). The minimum absolute atomic E-state index is 0.328. The largest absolute Gasteiger partial charge is 0.295 e. The highest BCUT2D eigenvalue weighted by molar-refractivity contribution is 9.10. The molecule has 1 N–H and O–H groups in total. The summed E-state index contributed by atoms with van der Waals surface area (Å²) >= 11 is 4.78. The van der Waals surface area contributed by atoms with E-state index in [4.69, 9.17) is 0 Å². The lowest BCUT2D eigenvalue weighted by Crippen LogP contribution is -2.32. The first-order chi connectivity index (χ1) is 8.15. The van der Waals surface area contributed by atoms with Crippen molar-refractivity contribution in [2.75, 3.05) is 5.88 Å². The van der Waals surface area contributed by atoms with Gasteiger partial charge in [0.15, 0.2) is 6.29 Å². The Kier molecular flexibility index (Phi) is 6.18. The van der Waals surface area contributed by atoms with Crippen LogP contribution in [0.25, 0.3) is 0 Å². The molecule has 0 amide bonds. The van der Waals surface area contributed by atoms with Crippen LogP contribution >= 0.6 is 27.7 Å². The van der Waals surface area contributed by atoms with Crippen LogP contribution in [0, 0.1) is 0 Å². The molecule has 1 aromatic carbocycles. The van der Waals surface area contributed by atoms with Crippen molar-refractivity contribution in [1.82, 2.24) is 5.32 Å². The lowest BCUT2D eigenvalue weighted by Gasteiger charge is -2.02. The standard InChI is InChI=1S/C6H5Br.C6H7NO2S/c7-6-4-2-1-3-5-6;1-4-6(5(9)2-8)7-3-10-4/h1-5H;2,6-7H,1,3H2. The second kappa shape index (κ2) is 7.42. The Morgan fingerprint density at radius 2 is 2.12 bits per heavy atom. The smallest absolute Gasteiger partial charge is 0.217 e. The maximum atomic E-state index is 10.7. The van der Waals surface area contributed by atoms with Crippen molar-refractivity contribution < 1.29 is 9.59 Å². The maximum Gasteiger partial charge on any atom is 0.217 e. The highest BCUT2D eigenvalue weighted by Crippen LogP contribution is 2.22. The Morgan fingerprint density at radius 1 is 1.47 bits per heavy atom. The fourth-order valence-electron chi connectivity index (χ4n) is 1.16. The lowest BCUT2D eigenvalue weighted by atomic mass is 10.2. The summed E-state index contributed by atoms with van der Waals surface area (Å²) in [6.07, 6.45) is 0.328. The maximum absolute atomic E-state index is 10.7. The van der Waals surface area contributed by atoms with Gasteiger partial charge in [0.1, 0.15) is 6.04 Å². The van der Waals surface area contributed by atoms with Crippen LogP contribution in [0.5, 0.6) is 0 Å². The molecule has 1 fully saturated rings. The fraction of sp³-hybridized carbons (Fsp3) is 0.167. The van der Waals surface area contributed by atoms with Crippen molar-refractivity contribution in [3.8, 4) is 0 Å². The summed E-state index contributed by atoms with van der Waals surface area (Å²) < 4.78 is 1.13. The summed E-state index contributed by atoms with van der Waals surface area (Å²) in [5, 5.41) is 2.84. The van der Waals surface area contributed by atoms with E-state index in [2.05, 4.69) is 27.8 Å². The van der Waals surface area contributed by atoms with Crippen molar-refractivity contribution in [3.05, 3.63) is 46.3 Å². The molecule has 0 spiro atoms. The van der Waals surface area contributed by atoms with Crippen molar-refractivity contribution in [1.29, 1.82) is 0 Å². The first-order valence-electron chi connectivity index (χ1n) is 4.89. The van der Waals surface area contributed by atoms with E-state index < -0.39 is 11.8 Å². The van der Waals surface area contributed by atoms with Gasteiger partial charge in [-0.15, -0.1) is 11.8 Å². The second-order valence-corrected chi connectivity index (χ2v) is 5.23. The number of hydrogen-bond donors (Lipinski definition) is 1. The molecule has 1 heterocycles. The molecule has 0 aliphatic carbocycles. The van der Waals surface area contributed by atoms with Gasteiger partial charge in [0, 0.05) is 15.3 Å². The van der Waals surface area contributed by atoms with Crippen LogP contribution in [-0.2, 0) is 9.59 Å². The van der Waals surface area contributed by atoms with Crippen molar-refractivity contribution in [2.24, 2.45) is 0 Å². The molecule has 1 aliphatic heterocycles. The summed E-state index contributed by atoms with van der Waals surface area (Å²) in [5.41, 5.74) is 0. The van der Waals surface area contributed by atoms with Crippen LogP contribution in [0.1, 0.15) is 0 Å². The minimum atomic E-state index is -0.442. The van der Waals surface area contributed by atoms with Gasteiger partial charge >= 0.3 is 0 Å². The molecule has 17 heavy (non-hydrogen) atoms. The number of benzene rings is 1. The molecule has 90 valence electrons. The number of nitrogens with one attached hydrogen (secondary N) is 1. The fourth-order valence-corrected chi connectivity index (χ4v) is 2.26. The zero-order chi connectivity index (χ0) is 12.7. The number of Topliss-reactive ketones (excluding diaryl/α,β-unsaturated/α-hetero) is 1. The number of hydrogen-bond acceptors (Lipinski definition) is 4. The second-order valence-electron chi connectivity index (χ2n) is 3.21. The predicted molar refractivity (Wildman–Crippen MR) is 73.7 cm³/mol. The van der Waals surface area contributed by atoms with Crippen LogP contribution < -0.4 is 5.32 Å². The molecule has 1 aliphatic rings. The van der Waals surface area contributed by atoms with Gasteiger partial charge in [0.25, 0.3) is 0 Å². The third kappa shape index (κ3) is 4.85. The summed E-state index contributed by atoms with van der Waals surface area (Å²) in [4.78, 5) is 21.5. The summed E-state index contributed by atoms with van der Waals surface area (Å²) in [7, 11) is 0. The van der Waals surface area contributed by atoms with E-state index in [1.54, 1.807) is 0 Å². The molecule has 0 bridgehead atoms. The number of halogens is 1. The Hall–Kier alpha value is -0.910. The Labute approximate surface area is 113 Å². The van der Waals surface area contributed by atoms with Gasteiger partial charge in [-0.25, -0.2) is 0 Å². The average molecular weight is 314 g/mol. The summed E-state index contributed by atoms with van der Waals surface area (Å²) in [6.45, 7) is 3.63. The van der Waals surface area contributed by atoms with Gasteiger partial charge in [0.05, 0.1) is 0 Å². The highest BCUT2D eigenvalue weighted by Gasteiger charge is 2.25. The number of ketones is 1. The van der Waals surface area contributed by atoms with E-state index in [-0.39, 0.29) is 0 Å². The van der Waals surface area contributed by atoms with Crippen LogP contribution in [-0.4, -0.2) is 24.0 Å². The quantitative estimate of drug-likeness (QED) is 0.672. The zero-order valence-electron chi connectivity index (χ0n) is 9.06. The van der Waals surface area contributed by atoms with Gasteiger partial charge in [-0.1, -0.05) is 40.7 Å². The van der Waals surface area contributed by atoms with Crippen LogP contribution in [0.2, 0.25) is 0 Å². The van der Waals surface area contributed by atoms with Crippen LogP contribution in [0.4, 0.5) is 0 Å². The third-order valence-electron chi connectivity index (χ3n) is 2.00. The number of aldehydes is 1. The molecule has 0 aromatic heterocycles. The molecular weight excluding hydrogens is 302 g/mol. The van der Waals surface area contributed by atoms with E-state index in [1.807, 2.05) is 30.3 Å². The van der Waals surface area contributed by atoms with Crippen LogP contribution in [0.15, 0.2) is 46.3 Å². The molecule has 0 radical (unpaired) electrons. The molecule has 3 nitrogen and oxygen atoms in total. The Balaban J connectivity index is 0.000000181. The predicted octanol–water partition coefficient (Wildman–Crippen LogP) is 2.38. The van der Waals surface area contributed by atoms with E-state index in [0.29, 0.717) is 12.2 Å². The van der Waals surface area contributed by atoms with Gasteiger partial charge in [0.2, 0.25) is 5.78 Å². The van der Waals surface area contributed by atoms with E-state index in [9.17, 15) is 9.59 Å². The lowest BCUT2D eigenvalue weighted by molar-refractivity contribution is -0.130. The number of rotatable bonds is 2. The first-order valence-corrected chi connectivity index (χ1v) is 6.67. The summed E-state index contributed by atoms with van der Waals surface area (Å²) in [6, 6.07) is 9.53. The number of thioether (sulfide) groups is 1. The minimum Gasteiger partial charge on any atom is -0.295 e. The zero-order valence-corrected chi connectivity index (χ0v) is 11.5. The molecule has 5 heteroatoms. The first kappa shape index (κ1) is 14.2. The number of carbonyl (C=O) groups excluding carboxylic acids is 2. The normalized spacial score (nSPS) is 18.2. The van der Waals surface area contributed by atoms with Gasteiger partial charge in [-0.3, -0.25) is 14.9 Å². The molecule has 1 aromatic rings. The van der Waals surface area contributed by atoms with Gasteiger partial charge in [-0.05, 0) is 12.1 Å². The summed E-state index contributed by atoms with van der Waals surface area (Å²) in [5.74, 6) is 0.235. The third-order valence-corrected chi connectivity index (χ3v) is 3.45. The highest BCUT2D eigenvalue weighted by atomic mass is 79.9. The monoisotopic (exact) mass is 313 g/mol.